The highest BCUT2D eigenvalue weighted by Gasteiger charge is 2.08. The van der Waals surface area contributed by atoms with Gasteiger partial charge in [-0.2, -0.15) is 0 Å². The maximum absolute atomic E-state index is 14.2. The van der Waals surface area contributed by atoms with Crippen LogP contribution in [0.25, 0.3) is 33.6 Å². The van der Waals surface area contributed by atoms with E-state index >= 15 is 0 Å². The summed E-state index contributed by atoms with van der Waals surface area (Å²) < 4.78 is 14.2. The molecule has 0 saturated heterocycles. The molecule has 2 aromatic carbocycles. The van der Waals surface area contributed by atoms with Crippen LogP contribution in [0, 0.1) is 5.82 Å². The number of H-pyrrole nitrogens is 1. The second-order valence-corrected chi connectivity index (χ2v) is 6.11. The standard InChI is InChI=1S/C22H18FN3/c23-20-8-3-15(14-24)12-19(20)17-6-4-16(5-7-17)18-9-11-26-22(13-18)21-2-1-10-25-21/h1-13,25H,14,24H2. The Labute approximate surface area is 151 Å². The number of rotatable bonds is 4. The SMILES string of the molecule is NCc1ccc(F)c(-c2ccc(-c3ccnc(-c4ccc[nH]4)c3)cc2)c1. The van der Waals surface area contributed by atoms with E-state index in [9.17, 15) is 4.39 Å². The van der Waals surface area contributed by atoms with Crippen LogP contribution in [0.5, 0.6) is 0 Å². The second kappa shape index (κ2) is 6.94. The van der Waals surface area contributed by atoms with Crippen LogP contribution in [-0.4, -0.2) is 9.97 Å². The molecule has 0 saturated carbocycles. The van der Waals surface area contributed by atoms with E-state index in [-0.39, 0.29) is 5.82 Å². The van der Waals surface area contributed by atoms with Crippen LogP contribution in [0.1, 0.15) is 5.56 Å². The smallest absolute Gasteiger partial charge is 0.131 e. The molecular formula is C22H18FN3. The highest BCUT2D eigenvalue weighted by atomic mass is 19.1. The number of aromatic amines is 1. The Morgan fingerprint density at radius 2 is 1.69 bits per heavy atom. The maximum atomic E-state index is 14.2. The van der Waals surface area contributed by atoms with Gasteiger partial charge in [-0.1, -0.05) is 30.3 Å². The zero-order valence-electron chi connectivity index (χ0n) is 14.1. The van der Waals surface area contributed by atoms with Crippen molar-refractivity contribution in [1.82, 2.24) is 9.97 Å². The number of nitrogens with two attached hydrogens (primary N) is 1. The first-order valence-electron chi connectivity index (χ1n) is 8.44. The number of nitrogens with zero attached hydrogens (tertiary/aromatic N) is 1. The summed E-state index contributed by atoms with van der Waals surface area (Å²) in [7, 11) is 0. The van der Waals surface area contributed by atoms with Crippen molar-refractivity contribution >= 4 is 0 Å². The summed E-state index contributed by atoms with van der Waals surface area (Å²) in [5.41, 5.74) is 12.0. The minimum atomic E-state index is -0.243. The highest BCUT2D eigenvalue weighted by Crippen LogP contribution is 2.28. The molecule has 0 unspecified atom stereocenters. The van der Waals surface area contributed by atoms with Crippen molar-refractivity contribution in [2.75, 3.05) is 0 Å². The van der Waals surface area contributed by atoms with Gasteiger partial charge in [-0.3, -0.25) is 4.98 Å². The minimum Gasteiger partial charge on any atom is -0.360 e. The third-order valence-electron chi connectivity index (χ3n) is 4.43. The van der Waals surface area contributed by atoms with Crippen LogP contribution in [-0.2, 0) is 6.54 Å². The van der Waals surface area contributed by atoms with Gasteiger partial charge in [0.05, 0.1) is 11.4 Å². The number of aromatic nitrogens is 2. The van der Waals surface area contributed by atoms with Crippen molar-refractivity contribution < 1.29 is 4.39 Å². The summed E-state index contributed by atoms with van der Waals surface area (Å²) in [5, 5.41) is 0. The minimum absolute atomic E-state index is 0.243. The van der Waals surface area contributed by atoms with E-state index in [1.54, 1.807) is 18.3 Å². The van der Waals surface area contributed by atoms with Gasteiger partial charge in [0.2, 0.25) is 0 Å². The normalized spacial score (nSPS) is 10.8. The molecule has 0 fully saturated rings. The van der Waals surface area contributed by atoms with E-state index in [0.29, 0.717) is 12.1 Å². The van der Waals surface area contributed by atoms with Gasteiger partial charge in [0.25, 0.3) is 0 Å². The quantitative estimate of drug-likeness (QED) is 0.547. The molecule has 0 aliphatic rings. The molecule has 0 amide bonds. The molecule has 4 rings (SSSR count). The van der Waals surface area contributed by atoms with Gasteiger partial charge in [0.1, 0.15) is 5.82 Å². The van der Waals surface area contributed by atoms with Crippen LogP contribution in [0.4, 0.5) is 4.39 Å². The first-order valence-corrected chi connectivity index (χ1v) is 8.44. The molecule has 0 spiro atoms. The third-order valence-corrected chi connectivity index (χ3v) is 4.43. The Morgan fingerprint density at radius 1 is 0.885 bits per heavy atom. The fraction of sp³-hybridized carbons (Fsp3) is 0.0455. The lowest BCUT2D eigenvalue weighted by Gasteiger charge is -2.08. The molecule has 0 bridgehead atoms. The topological polar surface area (TPSA) is 54.7 Å². The van der Waals surface area contributed by atoms with E-state index in [1.807, 2.05) is 54.7 Å². The van der Waals surface area contributed by atoms with Crippen molar-refractivity contribution in [3.63, 3.8) is 0 Å². The van der Waals surface area contributed by atoms with Crippen LogP contribution >= 0.6 is 0 Å². The summed E-state index contributed by atoms with van der Waals surface area (Å²) >= 11 is 0. The largest absolute Gasteiger partial charge is 0.360 e. The van der Waals surface area contributed by atoms with Crippen LogP contribution in [0.15, 0.2) is 79.1 Å². The summed E-state index contributed by atoms with van der Waals surface area (Å²) in [6.45, 7) is 0.393. The molecule has 2 aromatic heterocycles. The predicted molar refractivity (Wildman–Crippen MR) is 103 cm³/mol. The molecule has 26 heavy (non-hydrogen) atoms. The summed E-state index contributed by atoms with van der Waals surface area (Å²) in [6.07, 6.45) is 3.67. The second-order valence-electron chi connectivity index (χ2n) is 6.11. The molecular weight excluding hydrogens is 325 g/mol. The summed E-state index contributed by atoms with van der Waals surface area (Å²) in [5.74, 6) is -0.243. The van der Waals surface area contributed by atoms with Crippen LogP contribution < -0.4 is 5.73 Å². The van der Waals surface area contributed by atoms with E-state index in [4.69, 9.17) is 5.73 Å². The lowest BCUT2D eigenvalue weighted by molar-refractivity contribution is 0.630. The van der Waals surface area contributed by atoms with E-state index in [0.717, 1.165) is 33.6 Å². The Bertz CT molecular complexity index is 1020. The van der Waals surface area contributed by atoms with E-state index in [1.165, 1.54) is 6.07 Å². The molecule has 3 nitrogen and oxygen atoms in total. The van der Waals surface area contributed by atoms with E-state index in [2.05, 4.69) is 9.97 Å². The van der Waals surface area contributed by atoms with E-state index < -0.39 is 0 Å². The van der Waals surface area contributed by atoms with Crippen molar-refractivity contribution in [3.8, 4) is 33.6 Å². The first-order chi connectivity index (χ1) is 12.7. The van der Waals surface area contributed by atoms with Crippen molar-refractivity contribution in [1.29, 1.82) is 0 Å². The maximum Gasteiger partial charge on any atom is 0.131 e. The van der Waals surface area contributed by atoms with Gasteiger partial charge in [0.15, 0.2) is 0 Å². The molecule has 128 valence electrons. The highest BCUT2D eigenvalue weighted by molar-refractivity contribution is 5.73. The molecule has 3 N–H and O–H groups in total. The Hall–Kier alpha value is -3.24. The number of pyridine rings is 1. The zero-order chi connectivity index (χ0) is 17.9. The Morgan fingerprint density at radius 3 is 2.42 bits per heavy atom. The molecule has 0 radical (unpaired) electrons. The fourth-order valence-electron chi connectivity index (χ4n) is 3.01. The lowest BCUT2D eigenvalue weighted by Crippen LogP contribution is -1.97. The van der Waals surface area contributed by atoms with Crippen molar-refractivity contribution in [2.45, 2.75) is 6.54 Å². The zero-order valence-corrected chi connectivity index (χ0v) is 14.1. The molecule has 4 heteroatoms. The molecule has 0 aliphatic heterocycles. The van der Waals surface area contributed by atoms with Gasteiger partial charge >= 0.3 is 0 Å². The summed E-state index contributed by atoms with van der Waals surface area (Å²) in [4.78, 5) is 7.58. The van der Waals surface area contributed by atoms with Crippen LogP contribution in [0.2, 0.25) is 0 Å². The number of nitrogens with one attached hydrogen (secondary N) is 1. The van der Waals surface area contributed by atoms with Crippen molar-refractivity contribution in [3.05, 3.63) is 90.5 Å². The molecule has 4 aromatic rings. The number of benzene rings is 2. The monoisotopic (exact) mass is 343 g/mol. The first kappa shape index (κ1) is 16.2. The van der Waals surface area contributed by atoms with Gasteiger partial charge in [-0.25, -0.2) is 4.39 Å². The van der Waals surface area contributed by atoms with Crippen molar-refractivity contribution in [2.24, 2.45) is 5.73 Å². The van der Waals surface area contributed by atoms with Crippen LogP contribution in [0.3, 0.4) is 0 Å². The fourth-order valence-corrected chi connectivity index (χ4v) is 3.01. The molecule has 0 atom stereocenters. The Kier molecular flexibility index (Phi) is 4.33. The predicted octanol–water partition coefficient (Wildman–Crippen LogP) is 5.01. The summed E-state index contributed by atoms with van der Waals surface area (Å²) in [6, 6.07) is 20.8. The third kappa shape index (κ3) is 3.15. The number of hydrogen-bond acceptors (Lipinski definition) is 2. The molecule has 2 heterocycles. The van der Waals surface area contributed by atoms with Gasteiger partial charge in [-0.15, -0.1) is 0 Å². The number of hydrogen-bond donors (Lipinski definition) is 2. The van der Waals surface area contributed by atoms with Gasteiger partial charge < -0.3 is 10.7 Å². The average molecular weight is 343 g/mol. The average Bonchev–Trinajstić information content (AvgIpc) is 3.24. The lowest BCUT2D eigenvalue weighted by atomic mass is 9.98. The Balaban J connectivity index is 1.68. The number of halogens is 1. The molecule has 0 aliphatic carbocycles. The van der Waals surface area contributed by atoms with Gasteiger partial charge in [-0.05, 0) is 58.7 Å². The van der Waals surface area contributed by atoms with Gasteiger partial charge in [0, 0.05) is 24.5 Å².